The molecule has 0 unspecified atom stereocenters. The largest absolute Gasteiger partial charge is 0.459 e. The second-order valence-corrected chi connectivity index (χ2v) is 8.43. The summed E-state index contributed by atoms with van der Waals surface area (Å²) in [5.74, 6) is 1.54. The van der Waals surface area contributed by atoms with E-state index in [1.807, 2.05) is 32.0 Å². The monoisotopic (exact) mass is 414 g/mol. The van der Waals surface area contributed by atoms with Crippen molar-refractivity contribution >= 4 is 27.0 Å². The van der Waals surface area contributed by atoms with Crippen LogP contribution in [0.25, 0.3) is 11.0 Å². The molecule has 3 N–H and O–H groups in total. The van der Waals surface area contributed by atoms with Crippen molar-refractivity contribution in [2.24, 2.45) is 4.99 Å². The first-order valence-corrected chi connectivity index (χ1v) is 10.9. The van der Waals surface area contributed by atoms with Gasteiger partial charge in [-0.1, -0.05) is 30.3 Å². The van der Waals surface area contributed by atoms with E-state index in [9.17, 15) is 8.42 Å². The summed E-state index contributed by atoms with van der Waals surface area (Å²) in [5.41, 5.74) is 2.91. The zero-order valence-corrected chi connectivity index (χ0v) is 17.6. The molecular weight excluding hydrogens is 388 g/mol. The molecule has 0 saturated heterocycles. The Labute approximate surface area is 171 Å². The Morgan fingerprint density at radius 2 is 1.79 bits per heavy atom. The van der Waals surface area contributed by atoms with E-state index in [0.717, 1.165) is 34.4 Å². The van der Waals surface area contributed by atoms with Gasteiger partial charge in [-0.15, -0.1) is 0 Å². The third-order valence-electron chi connectivity index (χ3n) is 4.63. The van der Waals surface area contributed by atoms with Gasteiger partial charge in [0.1, 0.15) is 11.3 Å². The van der Waals surface area contributed by atoms with Crippen LogP contribution in [0.3, 0.4) is 0 Å². The smallest absolute Gasteiger partial charge is 0.240 e. The molecule has 7 nitrogen and oxygen atoms in total. The Morgan fingerprint density at radius 1 is 1.07 bits per heavy atom. The molecule has 0 bridgehead atoms. The first kappa shape index (κ1) is 20.9. The van der Waals surface area contributed by atoms with E-state index >= 15 is 0 Å². The molecule has 0 fully saturated rings. The van der Waals surface area contributed by atoms with E-state index in [4.69, 9.17) is 4.42 Å². The molecule has 1 heterocycles. The van der Waals surface area contributed by atoms with Gasteiger partial charge in [-0.3, -0.25) is 0 Å². The molecule has 0 radical (unpaired) electrons. The fourth-order valence-corrected chi connectivity index (χ4v) is 3.69. The maximum atomic E-state index is 11.8. The van der Waals surface area contributed by atoms with Gasteiger partial charge in [0.05, 0.1) is 18.0 Å². The molecule has 2 aromatic carbocycles. The Hall–Kier alpha value is -2.84. The molecule has 29 heavy (non-hydrogen) atoms. The predicted octanol–water partition coefficient (Wildman–Crippen LogP) is 2.90. The number of fused-ring (bicyclic) bond motifs is 1. The fourth-order valence-electron chi connectivity index (χ4n) is 2.96. The van der Waals surface area contributed by atoms with E-state index in [0.29, 0.717) is 19.0 Å². The van der Waals surface area contributed by atoms with Gasteiger partial charge in [0.2, 0.25) is 10.0 Å². The van der Waals surface area contributed by atoms with E-state index in [1.54, 1.807) is 24.3 Å². The molecule has 0 aliphatic carbocycles. The Morgan fingerprint density at radius 3 is 2.45 bits per heavy atom. The van der Waals surface area contributed by atoms with Gasteiger partial charge in [0.15, 0.2) is 5.96 Å². The molecule has 1 aromatic heterocycles. The third kappa shape index (κ3) is 4.96. The zero-order chi connectivity index (χ0) is 20.9. The third-order valence-corrected chi connectivity index (χ3v) is 6.06. The first-order chi connectivity index (χ1) is 13.9. The number of aliphatic imine (C=N–C) groups is 1. The number of guanidine groups is 1. The van der Waals surface area contributed by atoms with Crippen LogP contribution in [0.2, 0.25) is 0 Å². The number of hydrogen-bond acceptors (Lipinski definition) is 4. The number of nitrogens with zero attached hydrogens (tertiary/aromatic N) is 1. The predicted molar refractivity (Wildman–Crippen MR) is 115 cm³/mol. The quantitative estimate of drug-likeness (QED) is 0.408. The van der Waals surface area contributed by atoms with Crippen LogP contribution < -0.4 is 15.4 Å². The molecule has 0 atom stereocenters. The molecule has 0 saturated carbocycles. The van der Waals surface area contributed by atoms with Crippen molar-refractivity contribution in [3.63, 3.8) is 0 Å². The highest BCUT2D eigenvalue weighted by atomic mass is 32.2. The lowest BCUT2D eigenvalue weighted by molar-refractivity contribution is 0.534. The molecule has 154 valence electrons. The van der Waals surface area contributed by atoms with Crippen LogP contribution in [0.1, 0.15) is 23.8 Å². The summed E-state index contributed by atoms with van der Waals surface area (Å²) in [5, 5.41) is 7.62. The maximum absolute atomic E-state index is 11.8. The van der Waals surface area contributed by atoms with Gasteiger partial charge < -0.3 is 15.1 Å². The van der Waals surface area contributed by atoms with Crippen LogP contribution in [0.15, 0.2) is 62.8 Å². The van der Waals surface area contributed by atoms with Gasteiger partial charge in [-0.2, -0.15) is 0 Å². The van der Waals surface area contributed by atoms with Gasteiger partial charge in [-0.25, -0.2) is 18.1 Å². The van der Waals surface area contributed by atoms with Crippen molar-refractivity contribution < 1.29 is 12.8 Å². The molecule has 0 aliphatic heterocycles. The number of benzene rings is 2. The van der Waals surface area contributed by atoms with E-state index in [1.165, 1.54) is 7.05 Å². The summed E-state index contributed by atoms with van der Waals surface area (Å²) >= 11 is 0. The number of sulfonamides is 1. The lowest BCUT2D eigenvalue weighted by Crippen LogP contribution is -2.36. The van der Waals surface area contributed by atoms with Crippen molar-refractivity contribution in [1.82, 2.24) is 15.4 Å². The first-order valence-electron chi connectivity index (χ1n) is 9.46. The Balaban J connectivity index is 1.69. The summed E-state index contributed by atoms with van der Waals surface area (Å²) in [4.78, 5) is 4.82. The van der Waals surface area contributed by atoms with Crippen LogP contribution in [0, 0.1) is 6.92 Å². The molecule has 3 rings (SSSR count). The van der Waals surface area contributed by atoms with Crippen molar-refractivity contribution in [2.75, 3.05) is 13.6 Å². The van der Waals surface area contributed by atoms with Crippen LogP contribution in [0.5, 0.6) is 0 Å². The molecule has 3 aromatic rings. The highest BCUT2D eigenvalue weighted by Gasteiger charge is 2.11. The summed E-state index contributed by atoms with van der Waals surface area (Å²) in [7, 11) is -2.04. The van der Waals surface area contributed by atoms with Crippen LogP contribution in [0.4, 0.5) is 0 Å². The average Bonchev–Trinajstić information content (AvgIpc) is 3.06. The van der Waals surface area contributed by atoms with Crippen molar-refractivity contribution in [2.45, 2.75) is 31.8 Å². The van der Waals surface area contributed by atoms with Crippen LogP contribution in [-0.4, -0.2) is 28.0 Å². The number of hydrogen-bond donors (Lipinski definition) is 3. The van der Waals surface area contributed by atoms with Crippen molar-refractivity contribution in [3.05, 3.63) is 65.4 Å². The Bertz CT molecular complexity index is 1100. The van der Waals surface area contributed by atoms with Gasteiger partial charge in [-0.05, 0) is 44.7 Å². The number of rotatable bonds is 7. The molecule has 0 spiro atoms. The number of furan rings is 1. The minimum absolute atomic E-state index is 0.234. The van der Waals surface area contributed by atoms with Crippen LogP contribution >= 0.6 is 0 Å². The number of para-hydroxylation sites is 1. The molecular formula is C21H26N4O3S. The minimum Gasteiger partial charge on any atom is -0.459 e. The highest BCUT2D eigenvalue weighted by Crippen LogP contribution is 2.24. The summed E-state index contributed by atoms with van der Waals surface area (Å²) in [6.07, 6.45) is 0. The highest BCUT2D eigenvalue weighted by molar-refractivity contribution is 7.89. The van der Waals surface area contributed by atoms with Crippen molar-refractivity contribution in [1.29, 1.82) is 0 Å². The second kappa shape index (κ2) is 9.11. The average molecular weight is 415 g/mol. The maximum Gasteiger partial charge on any atom is 0.240 e. The normalized spacial score (nSPS) is 12.3. The Kier molecular flexibility index (Phi) is 6.56. The zero-order valence-electron chi connectivity index (χ0n) is 16.8. The van der Waals surface area contributed by atoms with Crippen LogP contribution in [-0.2, 0) is 23.1 Å². The number of nitrogens with one attached hydrogen (secondary N) is 3. The van der Waals surface area contributed by atoms with Gasteiger partial charge >= 0.3 is 0 Å². The van der Waals surface area contributed by atoms with E-state index in [-0.39, 0.29) is 4.90 Å². The minimum atomic E-state index is -3.43. The topological polar surface area (TPSA) is 95.7 Å². The fraction of sp³-hybridized carbons (Fsp3) is 0.286. The van der Waals surface area contributed by atoms with Gasteiger partial charge in [0.25, 0.3) is 0 Å². The summed E-state index contributed by atoms with van der Waals surface area (Å²) < 4.78 is 31.9. The second-order valence-electron chi connectivity index (χ2n) is 6.55. The molecule has 0 aliphatic rings. The van der Waals surface area contributed by atoms with E-state index in [2.05, 4.69) is 26.4 Å². The molecule has 0 amide bonds. The van der Waals surface area contributed by atoms with Crippen molar-refractivity contribution in [3.8, 4) is 0 Å². The summed E-state index contributed by atoms with van der Waals surface area (Å²) in [6.45, 7) is 5.72. The standard InChI is InChI=1S/C21H26N4O3S/c1-4-23-21(24-13-16-9-11-17(12-10-16)29(26,27)22-3)25-14-20-15(2)18-7-5-6-8-19(18)28-20/h5-12,22H,4,13-14H2,1-3H3,(H2,23,24,25). The SMILES string of the molecule is CCNC(=NCc1ccc(S(=O)(=O)NC)cc1)NCc1oc2ccccc2c1C. The summed E-state index contributed by atoms with van der Waals surface area (Å²) in [6, 6.07) is 14.7. The molecule has 8 heteroatoms. The van der Waals surface area contributed by atoms with Gasteiger partial charge in [0, 0.05) is 17.5 Å². The lowest BCUT2D eigenvalue weighted by atomic mass is 10.1. The number of aryl methyl sites for hydroxylation is 1. The van der Waals surface area contributed by atoms with E-state index < -0.39 is 10.0 Å². The lowest BCUT2D eigenvalue weighted by Gasteiger charge is -2.11.